The van der Waals surface area contributed by atoms with Crippen molar-refractivity contribution in [2.75, 3.05) is 17.6 Å². The molecule has 0 aliphatic carbocycles. The predicted octanol–water partition coefficient (Wildman–Crippen LogP) is 5.08. The minimum atomic E-state index is -3.68. The van der Waals surface area contributed by atoms with Gasteiger partial charge in [-0.15, -0.1) is 0 Å². The highest BCUT2D eigenvalue weighted by atomic mass is 35.5. The topological polar surface area (TPSA) is 136 Å². The Morgan fingerprint density at radius 2 is 1.56 bits per heavy atom. The van der Waals surface area contributed by atoms with E-state index < -0.39 is 21.8 Å². The molecule has 0 fully saturated rings. The molecule has 4 N–H and O–H groups in total. The smallest absolute Gasteiger partial charge is 0.276 e. The van der Waals surface area contributed by atoms with Crippen molar-refractivity contribution in [2.45, 2.75) is 6.92 Å². The van der Waals surface area contributed by atoms with E-state index in [9.17, 15) is 18.0 Å². The molecule has 0 bridgehead atoms. The maximum absolute atomic E-state index is 13.3. The number of halogens is 3. The summed E-state index contributed by atoms with van der Waals surface area (Å²) in [6, 6.07) is 18.2. The van der Waals surface area contributed by atoms with Gasteiger partial charge in [-0.2, -0.15) is 5.10 Å². The summed E-state index contributed by atoms with van der Waals surface area (Å²) in [5, 5.41) is 16.2. The minimum Gasteiger partial charge on any atom is -0.351 e. The third-order valence-corrected chi connectivity index (χ3v) is 7.23. The Hall–Kier alpha value is -3.41. The van der Waals surface area contributed by atoms with Crippen molar-refractivity contribution in [3.05, 3.63) is 98.6 Å². The number of carbonyl (C=O) groups excluding carboxylic acids is 2. The number of nitrogens with two attached hydrogens (primary N) is 1. The van der Waals surface area contributed by atoms with Gasteiger partial charge in [-0.1, -0.05) is 46.9 Å². The van der Waals surface area contributed by atoms with Gasteiger partial charge in [-0.3, -0.25) is 9.59 Å². The number of carbonyl (C=O) groups is 2. The first-order valence-corrected chi connectivity index (χ1v) is 14.3. The Labute approximate surface area is 239 Å². The molecule has 4 rings (SSSR count). The number of primary sulfonamides is 1. The van der Waals surface area contributed by atoms with E-state index in [0.717, 1.165) is 5.56 Å². The van der Waals surface area contributed by atoms with E-state index in [2.05, 4.69) is 15.7 Å². The summed E-state index contributed by atoms with van der Waals surface area (Å²) in [6.45, 7) is 1.66. The third-order valence-electron chi connectivity index (χ3n) is 5.67. The van der Waals surface area contributed by atoms with Gasteiger partial charge in [0.25, 0.3) is 11.8 Å². The molecule has 0 atom stereocenters. The summed E-state index contributed by atoms with van der Waals surface area (Å²) in [7, 11) is -3.68. The van der Waals surface area contributed by atoms with Crippen molar-refractivity contribution < 1.29 is 18.0 Å². The second kappa shape index (κ2) is 11.8. The highest BCUT2D eigenvalue weighted by Gasteiger charge is 2.23. The van der Waals surface area contributed by atoms with E-state index in [1.54, 1.807) is 54.1 Å². The molecule has 0 saturated heterocycles. The van der Waals surface area contributed by atoms with Crippen molar-refractivity contribution in [3.8, 4) is 16.9 Å². The van der Waals surface area contributed by atoms with Gasteiger partial charge in [0.15, 0.2) is 5.69 Å². The maximum atomic E-state index is 13.3. The van der Waals surface area contributed by atoms with Crippen molar-refractivity contribution >= 4 is 62.3 Å². The van der Waals surface area contributed by atoms with Gasteiger partial charge in [-0.25, -0.2) is 18.2 Å². The quantitative estimate of drug-likeness (QED) is 0.257. The predicted molar refractivity (Wildman–Crippen MR) is 153 cm³/mol. The van der Waals surface area contributed by atoms with Gasteiger partial charge in [0.05, 0.1) is 22.2 Å². The maximum Gasteiger partial charge on any atom is 0.276 e. The van der Waals surface area contributed by atoms with Crippen LogP contribution in [0.15, 0.2) is 66.7 Å². The molecule has 0 radical (unpaired) electrons. The van der Waals surface area contributed by atoms with Gasteiger partial charge < -0.3 is 10.6 Å². The Balaban J connectivity index is 1.61. The summed E-state index contributed by atoms with van der Waals surface area (Å²) in [4.78, 5) is 25.5. The first-order chi connectivity index (χ1) is 18.4. The van der Waals surface area contributed by atoms with Crippen LogP contribution in [0.2, 0.25) is 15.1 Å². The molecule has 2 amide bonds. The van der Waals surface area contributed by atoms with Crippen LogP contribution in [-0.4, -0.2) is 42.3 Å². The van der Waals surface area contributed by atoms with E-state index in [-0.39, 0.29) is 23.6 Å². The molecule has 0 spiro atoms. The Bertz CT molecular complexity index is 1650. The molecular weight excluding hydrogens is 585 g/mol. The minimum absolute atomic E-state index is 0.119. The highest BCUT2D eigenvalue weighted by molar-refractivity contribution is 7.89. The molecule has 3 aromatic carbocycles. The molecule has 1 heterocycles. The second-order valence-electron chi connectivity index (χ2n) is 8.49. The standard InChI is InChI=1S/C26H22Cl3N5O4S/c1-15-23(26(36)32-20-9-4-17(5-10-20)25(35)31-12-13-39(30,37)38)33-34(22-11-8-19(28)14-21(22)29)24(15)16-2-6-18(27)7-3-16/h2-11,14H,12-13H2,1H3,(H,31,35)(H,32,36)(H2,30,37,38). The van der Waals surface area contributed by atoms with E-state index in [1.807, 2.05) is 12.1 Å². The van der Waals surface area contributed by atoms with Gasteiger partial charge >= 0.3 is 0 Å². The molecule has 0 aliphatic rings. The molecule has 13 heteroatoms. The molecule has 0 aliphatic heterocycles. The summed E-state index contributed by atoms with van der Waals surface area (Å²) >= 11 is 18.6. The lowest BCUT2D eigenvalue weighted by Crippen LogP contribution is -2.31. The number of hydrogen-bond donors (Lipinski definition) is 3. The SMILES string of the molecule is Cc1c(C(=O)Nc2ccc(C(=O)NCCS(N)(=O)=O)cc2)nn(-c2ccc(Cl)cc2Cl)c1-c1ccc(Cl)cc1. The van der Waals surface area contributed by atoms with Crippen LogP contribution in [-0.2, 0) is 10.0 Å². The van der Waals surface area contributed by atoms with Crippen LogP contribution in [0.3, 0.4) is 0 Å². The molecular formula is C26H22Cl3N5O4S. The van der Waals surface area contributed by atoms with Crippen molar-refractivity contribution in [1.82, 2.24) is 15.1 Å². The second-order valence-corrected chi connectivity index (χ2v) is 11.5. The Morgan fingerprint density at radius 3 is 2.18 bits per heavy atom. The molecule has 9 nitrogen and oxygen atoms in total. The molecule has 0 unspecified atom stereocenters. The third kappa shape index (κ3) is 6.97. The molecule has 4 aromatic rings. The first kappa shape index (κ1) is 28.6. The Kier molecular flexibility index (Phi) is 8.63. The number of rotatable bonds is 8. The molecule has 1 aromatic heterocycles. The van der Waals surface area contributed by atoms with E-state index in [0.29, 0.717) is 37.7 Å². The molecule has 0 saturated carbocycles. The number of sulfonamides is 1. The fraction of sp³-hybridized carbons (Fsp3) is 0.115. The lowest BCUT2D eigenvalue weighted by atomic mass is 10.1. The number of amides is 2. The molecule has 39 heavy (non-hydrogen) atoms. The number of benzene rings is 3. The van der Waals surface area contributed by atoms with Crippen molar-refractivity contribution in [1.29, 1.82) is 0 Å². The van der Waals surface area contributed by atoms with Crippen LogP contribution in [0.4, 0.5) is 5.69 Å². The van der Waals surface area contributed by atoms with Gasteiger partial charge in [0.2, 0.25) is 10.0 Å². The van der Waals surface area contributed by atoms with E-state index >= 15 is 0 Å². The average Bonchev–Trinajstić information content (AvgIpc) is 3.21. The van der Waals surface area contributed by atoms with Crippen LogP contribution in [0.5, 0.6) is 0 Å². The monoisotopic (exact) mass is 605 g/mol. The summed E-state index contributed by atoms with van der Waals surface area (Å²) < 4.78 is 23.6. The van der Waals surface area contributed by atoms with Crippen LogP contribution in [0.25, 0.3) is 16.9 Å². The van der Waals surface area contributed by atoms with Crippen LogP contribution >= 0.6 is 34.8 Å². The molecule has 202 valence electrons. The van der Waals surface area contributed by atoms with Crippen LogP contribution in [0.1, 0.15) is 26.4 Å². The summed E-state index contributed by atoms with van der Waals surface area (Å²) in [5.74, 6) is -1.33. The lowest BCUT2D eigenvalue weighted by Gasteiger charge is -2.11. The lowest BCUT2D eigenvalue weighted by molar-refractivity contribution is 0.0955. The average molecular weight is 607 g/mol. The zero-order chi connectivity index (χ0) is 28.3. The van der Waals surface area contributed by atoms with Crippen molar-refractivity contribution in [2.24, 2.45) is 5.14 Å². The zero-order valence-corrected chi connectivity index (χ0v) is 23.5. The fourth-order valence-corrected chi connectivity index (χ4v) is 4.79. The van der Waals surface area contributed by atoms with Gasteiger partial charge in [0, 0.05) is 39.0 Å². The fourth-order valence-electron chi connectivity index (χ4n) is 3.79. The highest BCUT2D eigenvalue weighted by Crippen LogP contribution is 2.33. The van der Waals surface area contributed by atoms with Crippen LogP contribution < -0.4 is 15.8 Å². The van der Waals surface area contributed by atoms with Gasteiger partial charge in [-0.05, 0) is 61.5 Å². The zero-order valence-electron chi connectivity index (χ0n) is 20.4. The largest absolute Gasteiger partial charge is 0.351 e. The number of aromatic nitrogens is 2. The van der Waals surface area contributed by atoms with E-state index in [4.69, 9.17) is 39.9 Å². The summed E-state index contributed by atoms with van der Waals surface area (Å²) in [5.41, 5.74) is 3.42. The number of nitrogens with one attached hydrogen (secondary N) is 2. The van der Waals surface area contributed by atoms with Gasteiger partial charge in [0.1, 0.15) is 0 Å². The summed E-state index contributed by atoms with van der Waals surface area (Å²) in [6.07, 6.45) is 0. The number of anilines is 1. The first-order valence-electron chi connectivity index (χ1n) is 11.4. The normalized spacial score (nSPS) is 11.3. The Morgan fingerprint density at radius 1 is 0.923 bits per heavy atom. The van der Waals surface area contributed by atoms with Crippen LogP contribution in [0, 0.1) is 6.92 Å². The number of hydrogen-bond acceptors (Lipinski definition) is 5. The van der Waals surface area contributed by atoms with Crippen molar-refractivity contribution in [3.63, 3.8) is 0 Å². The van der Waals surface area contributed by atoms with E-state index in [1.165, 1.54) is 12.1 Å². The number of nitrogens with zero attached hydrogens (tertiary/aromatic N) is 2.